The zero-order valence-electron chi connectivity index (χ0n) is 16.6. The van der Waals surface area contributed by atoms with Gasteiger partial charge in [0.1, 0.15) is 0 Å². The predicted molar refractivity (Wildman–Crippen MR) is 111 cm³/mol. The molecule has 0 spiro atoms. The Morgan fingerprint density at radius 1 is 1.00 bits per heavy atom. The second kappa shape index (κ2) is 8.63. The normalized spacial score (nSPS) is 12.7. The van der Waals surface area contributed by atoms with Gasteiger partial charge in [0.05, 0.1) is 10.9 Å². The maximum absolute atomic E-state index is 12.7. The van der Waals surface area contributed by atoms with Gasteiger partial charge in [0.15, 0.2) is 5.76 Å². The van der Waals surface area contributed by atoms with Crippen LogP contribution in [0.5, 0.6) is 0 Å². The van der Waals surface area contributed by atoms with Crippen molar-refractivity contribution in [3.63, 3.8) is 0 Å². The zero-order valence-corrected chi connectivity index (χ0v) is 17.4. The van der Waals surface area contributed by atoms with Crippen LogP contribution >= 0.6 is 0 Å². The number of likely N-dealkylation sites (N-methyl/N-ethyl adjacent to an activating group) is 1. The lowest BCUT2D eigenvalue weighted by Crippen LogP contribution is -2.34. The van der Waals surface area contributed by atoms with Crippen molar-refractivity contribution in [2.45, 2.75) is 23.0 Å². The summed E-state index contributed by atoms with van der Waals surface area (Å²) >= 11 is 0. The lowest BCUT2D eigenvalue weighted by Gasteiger charge is -2.24. The minimum atomic E-state index is -3.81. The Morgan fingerprint density at radius 2 is 1.66 bits per heavy atom. The molecule has 1 heterocycles. The fourth-order valence-electron chi connectivity index (χ4n) is 2.97. The molecule has 6 nitrogen and oxygen atoms in total. The van der Waals surface area contributed by atoms with Gasteiger partial charge < -0.3 is 14.6 Å². The van der Waals surface area contributed by atoms with E-state index in [1.54, 1.807) is 12.1 Å². The lowest BCUT2D eigenvalue weighted by atomic mass is 10.1. The summed E-state index contributed by atoms with van der Waals surface area (Å²) in [7, 11) is 0.0560. The van der Waals surface area contributed by atoms with E-state index in [0.717, 1.165) is 11.1 Å². The number of rotatable bonds is 7. The summed E-state index contributed by atoms with van der Waals surface area (Å²) in [4.78, 5) is 14.6. The van der Waals surface area contributed by atoms with Crippen LogP contribution in [0.4, 0.5) is 0 Å². The number of amides is 1. The summed E-state index contributed by atoms with van der Waals surface area (Å²) in [6.07, 6.45) is 0. The first-order valence-electron chi connectivity index (χ1n) is 9.20. The quantitative estimate of drug-likeness (QED) is 0.643. The number of furan rings is 1. The van der Waals surface area contributed by atoms with Crippen LogP contribution in [0.15, 0.2) is 81.1 Å². The fourth-order valence-corrected chi connectivity index (χ4v) is 4.14. The molecule has 0 aliphatic rings. The number of aryl methyl sites for hydroxylation is 1. The molecule has 0 radical (unpaired) electrons. The Kier molecular flexibility index (Phi) is 6.20. The Labute approximate surface area is 171 Å². The summed E-state index contributed by atoms with van der Waals surface area (Å²) in [6.45, 7) is 2.23. The molecule has 152 valence electrons. The highest BCUT2D eigenvalue weighted by Crippen LogP contribution is 2.23. The molecule has 0 saturated heterocycles. The van der Waals surface area contributed by atoms with Gasteiger partial charge in [0.25, 0.3) is 5.91 Å². The van der Waals surface area contributed by atoms with Crippen molar-refractivity contribution in [3.05, 3.63) is 83.6 Å². The van der Waals surface area contributed by atoms with Gasteiger partial charge in [-0.1, -0.05) is 48.0 Å². The highest BCUT2D eigenvalue weighted by atomic mass is 32.2. The molecule has 0 aliphatic carbocycles. The first kappa shape index (κ1) is 20.8. The third kappa shape index (κ3) is 4.75. The number of nitrogens with one attached hydrogen (secondary N) is 1. The molecule has 1 atom stereocenters. The molecule has 2 aromatic carbocycles. The Bertz CT molecular complexity index is 1070. The fraction of sp³-hybridized carbons (Fsp3) is 0.227. The Hall–Kier alpha value is -2.90. The number of nitrogens with zero attached hydrogens (tertiary/aromatic N) is 1. The third-order valence-electron chi connectivity index (χ3n) is 4.66. The summed E-state index contributed by atoms with van der Waals surface area (Å²) in [5.41, 5.74) is 2.03. The molecule has 29 heavy (non-hydrogen) atoms. The molecule has 0 aliphatic heterocycles. The van der Waals surface area contributed by atoms with Gasteiger partial charge in [-0.15, -0.1) is 0 Å². The molecular weight excluding hydrogens is 388 g/mol. The van der Waals surface area contributed by atoms with Crippen molar-refractivity contribution >= 4 is 15.7 Å². The zero-order chi connectivity index (χ0) is 21.0. The van der Waals surface area contributed by atoms with Crippen molar-refractivity contribution in [3.8, 4) is 0 Å². The standard InChI is InChI=1S/C22H24N2O4S/c1-16-9-11-18(12-10-16)29(26,27)21-14-13-20(28-21)22(25)23-15-19(24(2)3)17-7-5-4-6-8-17/h4-14,19H,15H2,1-3H3,(H,23,25). The van der Waals surface area contributed by atoms with Crippen molar-refractivity contribution in [1.29, 1.82) is 0 Å². The van der Waals surface area contributed by atoms with E-state index in [2.05, 4.69) is 5.32 Å². The van der Waals surface area contributed by atoms with Crippen LogP contribution in [-0.2, 0) is 9.84 Å². The van der Waals surface area contributed by atoms with Crippen molar-refractivity contribution in [2.24, 2.45) is 0 Å². The molecule has 0 fully saturated rings. The number of carbonyl (C=O) groups is 1. The van der Waals surface area contributed by atoms with Crippen LogP contribution in [0.1, 0.15) is 27.7 Å². The van der Waals surface area contributed by atoms with E-state index in [1.807, 2.05) is 56.3 Å². The molecule has 0 bridgehead atoms. The van der Waals surface area contributed by atoms with E-state index in [-0.39, 0.29) is 21.8 Å². The minimum absolute atomic E-state index is 0.0223. The molecule has 1 N–H and O–H groups in total. The van der Waals surface area contributed by atoms with E-state index in [4.69, 9.17) is 4.42 Å². The largest absolute Gasteiger partial charge is 0.439 e. The smallest absolute Gasteiger partial charge is 0.287 e. The monoisotopic (exact) mass is 412 g/mol. The van der Waals surface area contributed by atoms with E-state index in [1.165, 1.54) is 24.3 Å². The van der Waals surface area contributed by atoms with E-state index in [0.29, 0.717) is 6.54 Å². The van der Waals surface area contributed by atoms with Crippen LogP contribution in [-0.4, -0.2) is 39.9 Å². The number of carbonyl (C=O) groups excluding carboxylic acids is 1. The van der Waals surface area contributed by atoms with E-state index in [9.17, 15) is 13.2 Å². The lowest BCUT2D eigenvalue weighted by molar-refractivity contribution is 0.0909. The van der Waals surface area contributed by atoms with Crippen molar-refractivity contribution in [1.82, 2.24) is 10.2 Å². The number of hydrogen-bond donors (Lipinski definition) is 1. The summed E-state index contributed by atoms with van der Waals surface area (Å²) in [5, 5.41) is 2.57. The molecule has 0 saturated carbocycles. The van der Waals surface area contributed by atoms with Crippen LogP contribution in [0.3, 0.4) is 0 Å². The van der Waals surface area contributed by atoms with E-state index < -0.39 is 15.7 Å². The van der Waals surface area contributed by atoms with Crippen LogP contribution in [0.2, 0.25) is 0 Å². The molecule has 3 rings (SSSR count). The van der Waals surface area contributed by atoms with Gasteiger partial charge in [-0.05, 0) is 50.8 Å². The first-order valence-corrected chi connectivity index (χ1v) is 10.7. The molecule has 3 aromatic rings. The number of sulfone groups is 1. The van der Waals surface area contributed by atoms with Gasteiger partial charge in [-0.2, -0.15) is 0 Å². The van der Waals surface area contributed by atoms with Crippen LogP contribution in [0.25, 0.3) is 0 Å². The number of hydrogen-bond acceptors (Lipinski definition) is 5. The highest BCUT2D eigenvalue weighted by Gasteiger charge is 2.24. The second-order valence-corrected chi connectivity index (χ2v) is 8.92. The highest BCUT2D eigenvalue weighted by molar-refractivity contribution is 7.91. The average molecular weight is 413 g/mol. The van der Waals surface area contributed by atoms with Gasteiger partial charge in [-0.25, -0.2) is 8.42 Å². The topological polar surface area (TPSA) is 79.6 Å². The van der Waals surface area contributed by atoms with Gasteiger partial charge >= 0.3 is 0 Å². The molecule has 7 heteroatoms. The summed E-state index contributed by atoms with van der Waals surface area (Å²) in [5.74, 6) is -0.501. The van der Waals surface area contributed by atoms with Crippen LogP contribution in [0, 0.1) is 6.92 Å². The predicted octanol–water partition coefficient (Wildman–Crippen LogP) is 3.45. The van der Waals surface area contributed by atoms with E-state index >= 15 is 0 Å². The van der Waals surface area contributed by atoms with Crippen LogP contribution < -0.4 is 5.32 Å². The second-order valence-electron chi connectivity index (χ2n) is 7.04. The summed E-state index contributed by atoms with van der Waals surface area (Å²) < 4.78 is 30.8. The van der Waals surface area contributed by atoms with Crippen molar-refractivity contribution < 1.29 is 17.6 Å². The molecule has 1 aromatic heterocycles. The van der Waals surface area contributed by atoms with Crippen molar-refractivity contribution in [2.75, 3.05) is 20.6 Å². The molecule has 1 unspecified atom stereocenters. The Balaban J connectivity index is 1.73. The minimum Gasteiger partial charge on any atom is -0.439 e. The average Bonchev–Trinajstić information content (AvgIpc) is 3.20. The summed E-state index contributed by atoms with van der Waals surface area (Å²) in [6, 6.07) is 19.0. The SMILES string of the molecule is Cc1ccc(S(=O)(=O)c2ccc(C(=O)NCC(c3ccccc3)N(C)C)o2)cc1. The third-order valence-corrected chi connectivity index (χ3v) is 6.31. The number of benzene rings is 2. The van der Waals surface area contributed by atoms with Gasteiger partial charge in [0, 0.05) is 6.54 Å². The molecular formula is C22H24N2O4S. The van der Waals surface area contributed by atoms with Gasteiger partial charge in [-0.3, -0.25) is 4.79 Å². The maximum atomic E-state index is 12.7. The molecule has 1 amide bonds. The van der Waals surface area contributed by atoms with Gasteiger partial charge in [0.2, 0.25) is 14.9 Å². The first-order chi connectivity index (χ1) is 13.8. The Morgan fingerprint density at radius 3 is 2.28 bits per heavy atom. The maximum Gasteiger partial charge on any atom is 0.287 e.